The van der Waals surface area contributed by atoms with E-state index in [1.165, 1.54) is 0 Å². The Bertz CT molecular complexity index is 483. The SMILES string of the molecule is CC(C)Oc1cc(Cl)c(Cl)cc1C(=O)C1CCCN1. The third kappa shape index (κ3) is 3.41. The minimum Gasteiger partial charge on any atom is -0.490 e. The van der Waals surface area contributed by atoms with Crippen molar-refractivity contribution in [3.8, 4) is 5.75 Å². The molecule has 1 fully saturated rings. The van der Waals surface area contributed by atoms with Gasteiger partial charge in [-0.25, -0.2) is 0 Å². The van der Waals surface area contributed by atoms with E-state index in [0.29, 0.717) is 21.4 Å². The molecule has 1 saturated heterocycles. The molecule has 0 aromatic heterocycles. The van der Waals surface area contributed by atoms with Gasteiger partial charge < -0.3 is 10.1 Å². The zero-order valence-corrected chi connectivity index (χ0v) is 12.5. The molecule has 5 heteroatoms. The molecule has 1 aliphatic heterocycles. The number of benzene rings is 1. The van der Waals surface area contributed by atoms with Crippen LogP contribution in [-0.4, -0.2) is 24.5 Å². The van der Waals surface area contributed by atoms with Crippen LogP contribution in [0.25, 0.3) is 0 Å². The molecule has 104 valence electrons. The Kier molecular flexibility index (Phi) is 4.71. The normalized spacial score (nSPS) is 18.9. The third-order valence-corrected chi connectivity index (χ3v) is 3.75. The molecule has 1 aromatic rings. The molecular formula is C14H17Cl2NO2. The maximum Gasteiger partial charge on any atom is 0.183 e. The van der Waals surface area contributed by atoms with Crippen molar-refractivity contribution in [2.24, 2.45) is 0 Å². The summed E-state index contributed by atoms with van der Waals surface area (Å²) in [4.78, 5) is 12.5. The maximum absolute atomic E-state index is 12.5. The third-order valence-electron chi connectivity index (χ3n) is 3.03. The zero-order valence-electron chi connectivity index (χ0n) is 11.0. The van der Waals surface area contributed by atoms with E-state index >= 15 is 0 Å². The molecule has 0 bridgehead atoms. The quantitative estimate of drug-likeness (QED) is 0.862. The Labute approximate surface area is 123 Å². The van der Waals surface area contributed by atoms with Crippen LogP contribution in [0.15, 0.2) is 12.1 Å². The Morgan fingerprint density at radius 3 is 2.63 bits per heavy atom. The molecule has 0 saturated carbocycles. The average Bonchev–Trinajstić information content (AvgIpc) is 2.85. The molecule has 0 radical (unpaired) electrons. The van der Waals surface area contributed by atoms with Crippen LogP contribution in [0.1, 0.15) is 37.0 Å². The molecule has 0 aliphatic carbocycles. The molecule has 1 aliphatic rings. The highest BCUT2D eigenvalue weighted by molar-refractivity contribution is 6.42. The lowest BCUT2D eigenvalue weighted by atomic mass is 10.0. The van der Waals surface area contributed by atoms with Crippen LogP contribution in [0.4, 0.5) is 0 Å². The lowest BCUT2D eigenvalue weighted by Gasteiger charge is -2.17. The van der Waals surface area contributed by atoms with Gasteiger partial charge in [0.1, 0.15) is 5.75 Å². The van der Waals surface area contributed by atoms with Crippen LogP contribution in [0.2, 0.25) is 10.0 Å². The largest absolute Gasteiger partial charge is 0.490 e. The van der Waals surface area contributed by atoms with Crippen LogP contribution >= 0.6 is 23.2 Å². The van der Waals surface area contributed by atoms with Crippen LogP contribution in [-0.2, 0) is 0 Å². The van der Waals surface area contributed by atoms with E-state index in [1.807, 2.05) is 13.8 Å². The number of carbonyl (C=O) groups excluding carboxylic acids is 1. The summed E-state index contributed by atoms with van der Waals surface area (Å²) in [6, 6.07) is 3.07. The number of nitrogens with one attached hydrogen (secondary N) is 1. The summed E-state index contributed by atoms with van der Waals surface area (Å²) in [5.74, 6) is 0.523. The second-order valence-electron chi connectivity index (χ2n) is 4.94. The number of hydrogen-bond acceptors (Lipinski definition) is 3. The highest BCUT2D eigenvalue weighted by atomic mass is 35.5. The van der Waals surface area contributed by atoms with Crippen molar-refractivity contribution in [2.75, 3.05) is 6.54 Å². The van der Waals surface area contributed by atoms with E-state index in [9.17, 15) is 4.79 Å². The van der Waals surface area contributed by atoms with E-state index in [0.717, 1.165) is 19.4 Å². The van der Waals surface area contributed by atoms with Crippen LogP contribution in [0, 0.1) is 0 Å². The number of Topliss-reactive ketones (excluding diaryl/α,β-unsaturated/α-hetero) is 1. The number of ketones is 1. The number of rotatable bonds is 4. The van der Waals surface area contributed by atoms with Crippen molar-refractivity contribution < 1.29 is 9.53 Å². The van der Waals surface area contributed by atoms with Gasteiger partial charge in [-0.3, -0.25) is 4.79 Å². The smallest absolute Gasteiger partial charge is 0.183 e. The first-order chi connectivity index (χ1) is 8.99. The highest BCUT2D eigenvalue weighted by Crippen LogP contribution is 2.32. The standard InChI is InChI=1S/C14H17Cl2NO2/c1-8(2)19-13-7-11(16)10(15)6-9(13)14(18)12-4-3-5-17-12/h6-8,12,17H,3-5H2,1-2H3. The summed E-state index contributed by atoms with van der Waals surface area (Å²) < 4.78 is 5.67. The van der Waals surface area contributed by atoms with Gasteiger partial charge in [-0.1, -0.05) is 23.2 Å². The molecular weight excluding hydrogens is 285 g/mol. The monoisotopic (exact) mass is 301 g/mol. The van der Waals surface area contributed by atoms with Crippen molar-refractivity contribution in [3.63, 3.8) is 0 Å². The van der Waals surface area contributed by atoms with Gasteiger partial charge in [0.2, 0.25) is 0 Å². The van der Waals surface area contributed by atoms with Crippen molar-refractivity contribution in [3.05, 3.63) is 27.7 Å². The lowest BCUT2D eigenvalue weighted by molar-refractivity contribution is 0.0946. The molecule has 2 rings (SSSR count). The second-order valence-corrected chi connectivity index (χ2v) is 5.76. The van der Waals surface area contributed by atoms with E-state index in [2.05, 4.69) is 5.32 Å². The van der Waals surface area contributed by atoms with Crippen LogP contribution < -0.4 is 10.1 Å². The Balaban J connectivity index is 2.35. The first-order valence-corrected chi connectivity index (χ1v) is 7.18. The fraction of sp³-hybridized carbons (Fsp3) is 0.500. The summed E-state index contributed by atoms with van der Waals surface area (Å²) in [6.45, 7) is 4.69. The second kappa shape index (κ2) is 6.12. The number of ether oxygens (including phenoxy) is 1. The fourth-order valence-electron chi connectivity index (χ4n) is 2.17. The molecule has 0 spiro atoms. The summed E-state index contributed by atoms with van der Waals surface area (Å²) in [5, 5.41) is 3.96. The van der Waals surface area contributed by atoms with E-state index in [4.69, 9.17) is 27.9 Å². The van der Waals surface area contributed by atoms with E-state index < -0.39 is 0 Å². The Morgan fingerprint density at radius 1 is 1.37 bits per heavy atom. The van der Waals surface area contributed by atoms with Crippen LogP contribution in [0.5, 0.6) is 5.75 Å². The van der Waals surface area contributed by atoms with Gasteiger partial charge in [-0.05, 0) is 39.3 Å². The summed E-state index contributed by atoms with van der Waals surface area (Å²) in [7, 11) is 0. The van der Waals surface area contributed by atoms with Crippen molar-refractivity contribution >= 4 is 29.0 Å². The van der Waals surface area contributed by atoms with Gasteiger partial charge in [0, 0.05) is 6.07 Å². The average molecular weight is 302 g/mol. The number of hydrogen-bond donors (Lipinski definition) is 1. The maximum atomic E-state index is 12.5. The topological polar surface area (TPSA) is 38.3 Å². The van der Waals surface area contributed by atoms with Crippen molar-refractivity contribution in [1.82, 2.24) is 5.32 Å². The predicted octanol–water partition coefficient (Wildman–Crippen LogP) is 3.72. The zero-order chi connectivity index (χ0) is 14.0. The van der Waals surface area contributed by atoms with E-state index in [-0.39, 0.29) is 17.9 Å². The van der Waals surface area contributed by atoms with Crippen LogP contribution in [0.3, 0.4) is 0 Å². The first-order valence-electron chi connectivity index (χ1n) is 6.42. The Hall–Kier alpha value is -0.770. The summed E-state index contributed by atoms with van der Waals surface area (Å²) in [6.07, 6.45) is 1.83. The highest BCUT2D eigenvalue weighted by Gasteiger charge is 2.26. The summed E-state index contributed by atoms with van der Waals surface area (Å²) >= 11 is 12.0. The number of halogens is 2. The minimum atomic E-state index is -0.147. The van der Waals surface area contributed by atoms with E-state index in [1.54, 1.807) is 12.1 Å². The molecule has 1 N–H and O–H groups in total. The van der Waals surface area contributed by atoms with Gasteiger partial charge in [0.05, 0.1) is 27.8 Å². The molecule has 1 aromatic carbocycles. The number of carbonyl (C=O) groups is 1. The Morgan fingerprint density at radius 2 is 2.05 bits per heavy atom. The molecule has 1 heterocycles. The van der Waals surface area contributed by atoms with Crippen molar-refractivity contribution in [2.45, 2.75) is 38.8 Å². The molecule has 0 amide bonds. The van der Waals surface area contributed by atoms with Gasteiger partial charge in [0.25, 0.3) is 0 Å². The lowest BCUT2D eigenvalue weighted by Crippen LogP contribution is -2.31. The summed E-state index contributed by atoms with van der Waals surface area (Å²) in [5.41, 5.74) is 0.502. The van der Waals surface area contributed by atoms with Gasteiger partial charge in [-0.2, -0.15) is 0 Å². The van der Waals surface area contributed by atoms with Gasteiger partial charge >= 0.3 is 0 Å². The first kappa shape index (κ1) is 14.6. The van der Waals surface area contributed by atoms with Crippen molar-refractivity contribution in [1.29, 1.82) is 0 Å². The molecule has 19 heavy (non-hydrogen) atoms. The fourth-order valence-corrected chi connectivity index (χ4v) is 2.49. The minimum absolute atomic E-state index is 0.0201. The van der Waals surface area contributed by atoms with Gasteiger partial charge in [0.15, 0.2) is 5.78 Å². The molecule has 1 unspecified atom stereocenters. The molecule has 1 atom stereocenters. The molecule has 3 nitrogen and oxygen atoms in total. The van der Waals surface area contributed by atoms with Gasteiger partial charge in [-0.15, -0.1) is 0 Å². The predicted molar refractivity (Wildman–Crippen MR) is 77.6 cm³/mol.